The predicted octanol–water partition coefficient (Wildman–Crippen LogP) is 3.12. The molecule has 2 N–H and O–H groups in total. The van der Waals surface area contributed by atoms with Crippen LogP contribution in [-0.4, -0.2) is 50.6 Å². The molecule has 0 bridgehead atoms. The molecule has 2 heterocycles. The third-order valence-corrected chi connectivity index (χ3v) is 7.35. The van der Waals surface area contributed by atoms with E-state index in [-0.39, 0.29) is 23.3 Å². The number of nitrogens with one attached hydrogen (secondary N) is 2. The second-order valence-corrected chi connectivity index (χ2v) is 8.84. The van der Waals surface area contributed by atoms with Gasteiger partial charge in [0.2, 0.25) is 5.91 Å². The average Bonchev–Trinajstić information content (AvgIpc) is 3.39. The van der Waals surface area contributed by atoms with E-state index in [9.17, 15) is 4.79 Å². The van der Waals surface area contributed by atoms with Crippen molar-refractivity contribution >= 4 is 5.91 Å². The number of hydrogen-bond donors (Lipinski definition) is 2. The minimum Gasteiger partial charge on any atom is -0.497 e. The molecule has 4 rings (SSSR count). The van der Waals surface area contributed by atoms with Gasteiger partial charge in [0.15, 0.2) is 0 Å². The zero-order chi connectivity index (χ0) is 19.4. The molecule has 0 aromatic heterocycles. The minimum absolute atomic E-state index is 0.194. The fourth-order valence-corrected chi connectivity index (χ4v) is 5.75. The van der Waals surface area contributed by atoms with Gasteiger partial charge in [-0.1, -0.05) is 18.6 Å². The number of benzene rings is 1. The lowest BCUT2D eigenvalue weighted by Crippen LogP contribution is -2.46. The van der Waals surface area contributed by atoms with Gasteiger partial charge < -0.3 is 15.4 Å². The highest BCUT2D eigenvalue weighted by Crippen LogP contribution is 2.49. The van der Waals surface area contributed by atoms with E-state index in [1.807, 2.05) is 6.07 Å². The van der Waals surface area contributed by atoms with Gasteiger partial charge in [0.25, 0.3) is 0 Å². The Balaban J connectivity index is 1.45. The topological polar surface area (TPSA) is 53.6 Å². The van der Waals surface area contributed by atoms with Crippen molar-refractivity contribution in [1.29, 1.82) is 0 Å². The van der Waals surface area contributed by atoms with Crippen LogP contribution < -0.4 is 15.4 Å². The molecule has 1 aliphatic carbocycles. The van der Waals surface area contributed by atoms with Crippen LogP contribution in [0.25, 0.3) is 0 Å². The minimum atomic E-state index is 0.194. The third kappa shape index (κ3) is 4.06. The molecule has 1 aromatic carbocycles. The summed E-state index contributed by atoms with van der Waals surface area (Å²) in [5.41, 5.74) is 1.48. The maximum atomic E-state index is 13.2. The Kier molecular flexibility index (Phi) is 6.22. The molecule has 0 radical (unpaired) electrons. The van der Waals surface area contributed by atoms with Crippen molar-refractivity contribution in [2.45, 2.75) is 51.0 Å². The van der Waals surface area contributed by atoms with Gasteiger partial charge in [-0.15, -0.1) is 0 Å². The van der Waals surface area contributed by atoms with Gasteiger partial charge in [-0.25, -0.2) is 0 Å². The first-order valence-corrected chi connectivity index (χ1v) is 11.1. The molecule has 2 unspecified atom stereocenters. The Hall–Kier alpha value is -1.59. The van der Waals surface area contributed by atoms with E-state index < -0.39 is 0 Å². The van der Waals surface area contributed by atoms with Gasteiger partial charge >= 0.3 is 0 Å². The molecule has 2 saturated heterocycles. The van der Waals surface area contributed by atoms with Crippen molar-refractivity contribution in [2.24, 2.45) is 11.3 Å². The monoisotopic (exact) mass is 385 g/mol. The first-order valence-electron chi connectivity index (χ1n) is 11.1. The number of likely N-dealkylation sites (tertiary alicyclic amines) is 1. The summed E-state index contributed by atoms with van der Waals surface area (Å²) in [7, 11) is 1.71. The summed E-state index contributed by atoms with van der Waals surface area (Å²) in [6, 6.07) is 8.57. The largest absolute Gasteiger partial charge is 0.497 e. The quantitative estimate of drug-likeness (QED) is 0.790. The Labute approximate surface area is 169 Å². The van der Waals surface area contributed by atoms with Crippen LogP contribution in [-0.2, 0) is 4.79 Å². The van der Waals surface area contributed by atoms with Crippen LogP contribution in [0.4, 0.5) is 0 Å². The van der Waals surface area contributed by atoms with Gasteiger partial charge in [0, 0.05) is 12.5 Å². The predicted molar refractivity (Wildman–Crippen MR) is 111 cm³/mol. The number of hydrogen-bond acceptors (Lipinski definition) is 4. The van der Waals surface area contributed by atoms with Crippen molar-refractivity contribution in [3.05, 3.63) is 29.8 Å². The number of ether oxygens (including phenoxy) is 1. The molecular weight excluding hydrogens is 350 g/mol. The number of methoxy groups -OCH3 is 1. The molecule has 3 fully saturated rings. The van der Waals surface area contributed by atoms with Crippen molar-refractivity contribution in [2.75, 3.05) is 39.8 Å². The lowest BCUT2D eigenvalue weighted by atomic mass is 9.70. The van der Waals surface area contributed by atoms with Gasteiger partial charge in [-0.3, -0.25) is 9.69 Å². The fourth-order valence-electron chi connectivity index (χ4n) is 5.75. The van der Waals surface area contributed by atoms with Crippen molar-refractivity contribution in [1.82, 2.24) is 15.5 Å². The van der Waals surface area contributed by atoms with E-state index in [2.05, 4.69) is 33.7 Å². The molecular formula is C23H35N3O2. The van der Waals surface area contributed by atoms with Gasteiger partial charge in [-0.05, 0) is 87.8 Å². The number of nitrogens with zero attached hydrogens (tertiary/aromatic N) is 1. The molecule has 1 aromatic rings. The van der Waals surface area contributed by atoms with Crippen molar-refractivity contribution in [3.63, 3.8) is 0 Å². The Morgan fingerprint density at radius 2 is 2.04 bits per heavy atom. The second-order valence-electron chi connectivity index (χ2n) is 8.84. The summed E-state index contributed by atoms with van der Waals surface area (Å²) in [6.07, 6.45) is 8.26. The highest BCUT2D eigenvalue weighted by Gasteiger charge is 2.46. The maximum Gasteiger partial charge on any atom is 0.223 e. The average molecular weight is 386 g/mol. The van der Waals surface area contributed by atoms with E-state index in [0.29, 0.717) is 6.54 Å². The Bertz CT molecular complexity index is 666. The molecule has 1 saturated carbocycles. The van der Waals surface area contributed by atoms with E-state index in [1.165, 1.54) is 31.2 Å². The van der Waals surface area contributed by atoms with Crippen LogP contribution in [0.5, 0.6) is 5.75 Å². The number of carbonyl (C=O) groups is 1. The molecule has 5 nitrogen and oxygen atoms in total. The van der Waals surface area contributed by atoms with Gasteiger partial charge in [0.05, 0.1) is 13.2 Å². The van der Waals surface area contributed by atoms with Crippen LogP contribution in [0.1, 0.15) is 56.6 Å². The van der Waals surface area contributed by atoms with Gasteiger partial charge in [0.1, 0.15) is 5.75 Å². The summed E-state index contributed by atoms with van der Waals surface area (Å²) < 4.78 is 5.44. The molecule has 3 aliphatic rings. The first-order chi connectivity index (χ1) is 13.7. The van der Waals surface area contributed by atoms with Crippen LogP contribution >= 0.6 is 0 Å². The molecule has 154 valence electrons. The summed E-state index contributed by atoms with van der Waals surface area (Å²) in [6.45, 7) is 5.03. The second kappa shape index (κ2) is 8.83. The van der Waals surface area contributed by atoms with E-state index in [4.69, 9.17) is 4.74 Å². The lowest BCUT2D eigenvalue weighted by molar-refractivity contribution is -0.129. The summed E-state index contributed by atoms with van der Waals surface area (Å²) in [5, 5.41) is 6.83. The zero-order valence-electron chi connectivity index (χ0n) is 17.2. The molecule has 1 spiro atoms. The standard InChI is InChI=1S/C23H35N3O2/c1-28-19-7-4-6-18(16-19)21(26-14-2-3-15-26)17-25-22(27)20-8-5-9-23(20)10-12-24-13-11-23/h4,6-7,16,20-21,24H,2-3,5,8-15,17H2,1H3,(H,25,27). The summed E-state index contributed by atoms with van der Waals surface area (Å²) >= 11 is 0. The highest BCUT2D eigenvalue weighted by molar-refractivity contribution is 5.80. The highest BCUT2D eigenvalue weighted by atomic mass is 16.5. The summed E-state index contributed by atoms with van der Waals surface area (Å²) in [5.74, 6) is 1.36. The van der Waals surface area contributed by atoms with E-state index in [1.54, 1.807) is 7.11 Å². The van der Waals surface area contributed by atoms with Crippen LogP contribution in [0.3, 0.4) is 0 Å². The Morgan fingerprint density at radius 3 is 2.79 bits per heavy atom. The molecule has 2 aliphatic heterocycles. The number of amides is 1. The SMILES string of the molecule is COc1cccc(C(CNC(=O)C2CCCC23CCNCC3)N2CCCC2)c1. The molecule has 1 amide bonds. The molecule has 2 atom stereocenters. The normalized spacial score (nSPS) is 25.7. The molecule has 28 heavy (non-hydrogen) atoms. The number of piperidine rings is 1. The van der Waals surface area contributed by atoms with Crippen molar-refractivity contribution in [3.8, 4) is 5.75 Å². The lowest BCUT2D eigenvalue weighted by Gasteiger charge is -2.39. The third-order valence-electron chi connectivity index (χ3n) is 7.35. The zero-order valence-corrected chi connectivity index (χ0v) is 17.2. The van der Waals surface area contributed by atoms with Gasteiger partial charge in [-0.2, -0.15) is 0 Å². The maximum absolute atomic E-state index is 13.2. The smallest absolute Gasteiger partial charge is 0.223 e. The fraction of sp³-hybridized carbons (Fsp3) is 0.696. The first kappa shape index (κ1) is 19.7. The van der Waals surface area contributed by atoms with E-state index >= 15 is 0 Å². The molecule has 5 heteroatoms. The van der Waals surface area contributed by atoms with E-state index in [0.717, 1.165) is 51.2 Å². The number of rotatable bonds is 6. The van der Waals surface area contributed by atoms with Crippen LogP contribution in [0.15, 0.2) is 24.3 Å². The summed E-state index contributed by atoms with van der Waals surface area (Å²) in [4.78, 5) is 15.7. The Morgan fingerprint density at radius 1 is 1.25 bits per heavy atom. The van der Waals surface area contributed by atoms with Crippen molar-refractivity contribution < 1.29 is 9.53 Å². The van der Waals surface area contributed by atoms with Crippen LogP contribution in [0, 0.1) is 11.3 Å². The van der Waals surface area contributed by atoms with Crippen LogP contribution in [0.2, 0.25) is 0 Å². The number of carbonyl (C=O) groups excluding carboxylic acids is 1.